The third kappa shape index (κ3) is 6.15. The normalized spacial score (nSPS) is 19.1. The molecule has 3 rings (SSSR count). The number of amides is 1. The Labute approximate surface area is 191 Å². The second-order valence-corrected chi connectivity index (χ2v) is 9.73. The predicted octanol–water partition coefficient (Wildman–Crippen LogP) is 5.53. The number of carbonyl (C=O) groups excluding carboxylic acids is 1. The van der Waals surface area contributed by atoms with Crippen LogP contribution in [0.2, 0.25) is 0 Å². The van der Waals surface area contributed by atoms with Crippen molar-refractivity contribution in [1.29, 1.82) is 0 Å². The number of nitrogens with zero attached hydrogens (tertiary/aromatic N) is 1. The van der Waals surface area contributed by atoms with E-state index in [1.54, 1.807) is 24.8 Å². The van der Waals surface area contributed by atoms with Crippen LogP contribution in [0.25, 0.3) is 0 Å². The molecule has 1 amide bonds. The van der Waals surface area contributed by atoms with E-state index in [-0.39, 0.29) is 25.2 Å². The first-order valence-electron chi connectivity index (χ1n) is 10.2. The standard InChI is InChI=1S/C23H27BrNO5P/c1-3-29-31(27,30-4-2)15-14-21-22(28-17-18-10-6-5-7-11-18)23(26)25(21)16-19-12-8-9-13-20(19)24/h5-15,21-22H,3-4,16-17H2,1-2H3/b15-14+/t21-,22+/m1/s1. The number of benzene rings is 2. The lowest BCUT2D eigenvalue weighted by Gasteiger charge is -2.45. The molecule has 2 aromatic rings. The molecule has 0 spiro atoms. The van der Waals surface area contributed by atoms with Gasteiger partial charge < -0.3 is 18.7 Å². The Morgan fingerprint density at radius 1 is 1.03 bits per heavy atom. The minimum absolute atomic E-state index is 0.107. The van der Waals surface area contributed by atoms with Crippen molar-refractivity contribution in [3.8, 4) is 0 Å². The molecule has 1 aliphatic heterocycles. The summed E-state index contributed by atoms with van der Waals surface area (Å²) < 4.78 is 30.4. The zero-order chi connectivity index (χ0) is 22.3. The van der Waals surface area contributed by atoms with Gasteiger partial charge in [0.15, 0.2) is 6.10 Å². The van der Waals surface area contributed by atoms with Crippen molar-refractivity contribution in [3.05, 3.63) is 82.1 Å². The molecule has 1 heterocycles. The molecule has 0 N–H and O–H groups in total. The van der Waals surface area contributed by atoms with Crippen LogP contribution in [0.1, 0.15) is 25.0 Å². The maximum absolute atomic E-state index is 12.9. The fourth-order valence-corrected chi connectivity index (χ4v) is 5.11. The molecule has 0 saturated carbocycles. The molecular formula is C23H27BrNO5P. The molecule has 1 aliphatic rings. The molecule has 0 unspecified atom stereocenters. The Kier molecular flexibility index (Phi) is 8.64. The van der Waals surface area contributed by atoms with Gasteiger partial charge >= 0.3 is 7.60 Å². The fraction of sp³-hybridized carbons (Fsp3) is 0.348. The fourth-order valence-electron chi connectivity index (χ4n) is 3.34. The molecule has 0 aromatic heterocycles. The second-order valence-electron chi connectivity index (χ2n) is 6.98. The molecule has 6 nitrogen and oxygen atoms in total. The summed E-state index contributed by atoms with van der Waals surface area (Å²) in [5.74, 6) is 1.34. The molecule has 166 valence electrons. The number of likely N-dealkylation sites (tertiary alicyclic amines) is 1. The van der Waals surface area contributed by atoms with E-state index >= 15 is 0 Å². The van der Waals surface area contributed by atoms with Crippen LogP contribution in [-0.2, 0) is 36.3 Å². The number of halogens is 1. The summed E-state index contributed by atoms with van der Waals surface area (Å²) in [6.07, 6.45) is 1.05. The largest absolute Gasteiger partial charge is 0.361 e. The van der Waals surface area contributed by atoms with Crippen LogP contribution in [0.4, 0.5) is 0 Å². The van der Waals surface area contributed by atoms with E-state index in [2.05, 4.69) is 15.9 Å². The van der Waals surface area contributed by atoms with Crippen LogP contribution in [0, 0.1) is 0 Å². The summed E-state index contributed by atoms with van der Waals surface area (Å²) >= 11 is 3.53. The molecule has 0 radical (unpaired) electrons. The van der Waals surface area contributed by atoms with Gasteiger partial charge in [-0.05, 0) is 31.0 Å². The van der Waals surface area contributed by atoms with Gasteiger partial charge in [-0.15, -0.1) is 0 Å². The van der Waals surface area contributed by atoms with Crippen LogP contribution < -0.4 is 0 Å². The Hall–Kier alpha value is -1.76. The topological polar surface area (TPSA) is 65.1 Å². The lowest BCUT2D eigenvalue weighted by atomic mass is 9.96. The summed E-state index contributed by atoms with van der Waals surface area (Å²) in [6, 6.07) is 17.1. The number of rotatable bonds is 11. The molecule has 0 bridgehead atoms. The summed E-state index contributed by atoms with van der Waals surface area (Å²) in [5.41, 5.74) is 1.96. The molecule has 2 aromatic carbocycles. The number of β-lactam (4-membered cyclic amide) rings is 1. The average molecular weight is 508 g/mol. The molecule has 1 fully saturated rings. The lowest BCUT2D eigenvalue weighted by molar-refractivity contribution is -0.172. The first-order chi connectivity index (χ1) is 15.0. The maximum atomic E-state index is 12.9. The minimum Gasteiger partial charge on any atom is -0.361 e. The summed E-state index contributed by atoms with van der Waals surface area (Å²) in [4.78, 5) is 14.6. The maximum Gasteiger partial charge on any atom is 0.353 e. The highest BCUT2D eigenvalue weighted by atomic mass is 79.9. The van der Waals surface area contributed by atoms with Gasteiger partial charge in [-0.1, -0.05) is 70.5 Å². The van der Waals surface area contributed by atoms with Gasteiger partial charge in [-0.2, -0.15) is 0 Å². The molecular weight excluding hydrogens is 481 g/mol. The van der Waals surface area contributed by atoms with Crippen molar-refractivity contribution < 1.29 is 23.1 Å². The molecule has 8 heteroatoms. The van der Waals surface area contributed by atoms with Gasteiger partial charge in [0.2, 0.25) is 0 Å². The number of ether oxygens (including phenoxy) is 1. The number of carbonyl (C=O) groups is 1. The van der Waals surface area contributed by atoms with Gasteiger partial charge in [0, 0.05) is 16.8 Å². The Morgan fingerprint density at radius 2 is 1.68 bits per heavy atom. The third-order valence-electron chi connectivity index (χ3n) is 4.85. The minimum atomic E-state index is -3.38. The third-order valence-corrected chi connectivity index (χ3v) is 7.40. The Balaban J connectivity index is 1.79. The first kappa shape index (κ1) is 23.9. The lowest BCUT2D eigenvalue weighted by Crippen LogP contribution is -2.64. The summed E-state index contributed by atoms with van der Waals surface area (Å²) in [5, 5.41) is 0. The Morgan fingerprint density at radius 3 is 2.32 bits per heavy atom. The smallest absolute Gasteiger partial charge is 0.353 e. The van der Waals surface area contributed by atoms with E-state index < -0.39 is 13.7 Å². The van der Waals surface area contributed by atoms with Gasteiger partial charge in [-0.3, -0.25) is 9.36 Å². The molecule has 2 atom stereocenters. The summed E-state index contributed by atoms with van der Waals surface area (Å²) in [7, 11) is -3.38. The van der Waals surface area contributed by atoms with E-state index in [1.165, 1.54) is 5.82 Å². The quantitative estimate of drug-likeness (QED) is 0.295. The van der Waals surface area contributed by atoms with E-state index in [1.807, 2.05) is 54.6 Å². The van der Waals surface area contributed by atoms with Crippen molar-refractivity contribution in [2.75, 3.05) is 13.2 Å². The van der Waals surface area contributed by atoms with Crippen molar-refractivity contribution in [1.82, 2.24) is 4.90 Å². The van der Waals surface area contributed by atoms with Crippen molar-refractivity contribution in [3.63, 3.8) is 0 Å². The highest BCUT2D eigenvalue weighted by molar-refractivity contribution is 9.10. The van der Waals surface area contributed by atoms with Crippen molar-refractivity contribution >= 4 is 29.4 Å². The zero-order valence-corrected chi connectivity index (χ0v) is 20.1. The highest BCUT2D eigenvalue weighted by Crippen LogP contribution is 2.50. The summed E-state index contributed by atoms with van der Waals surface area (Å²) in [6.45, 7) is 4.78. The van der Waals surface area contributed by atoms with Crippen LogP contribution >= 0.6 is 23.5 Å². The first-order valence-corrected chi connectivity index (χ1v) is 12.7. The average Bonchev–Trinajstić information content (AvgIpc) is 2.76. The molecule has 31 heavy (non-hydrogen) atoms. The van der Waals surface area contributed by atoms with Crippen LogP contribution in [0.15, 0.2) is 71.0 Å². The van der Waals surface area contributed by atoms with E-state index in [9.17, 15) is 9.36 Å². The van der Waals surface area contributed by atoms with Gasteiger partial charge in [0.05, 0.1) is 25.9 Å². The number of hydrogen-bond acceptors (Lipinski definition) is 5. The van der Waals surface area contributed by atoms with E-state index in [0.29, 0.717) is 13.2 Å². The Bertz CT molecular complexity index is 942. The highest BCUT2D eigenvalue weighted by Gasteiger charge is 2.47. The van der Waals surface area contributed by atoms with E-state index in [4.69, 9.17) is 13.8 Å². The van der Waals surface area contributed by atoms with Crippen LogP contribution in [0.3, 0.4) is 0 Å². The second kappa shape index (κ2) is 11.2. The van der Waals surface area contributed by atoms with Crippen LogP contribution in [-0.4, -0.2) is 36.2 Å². The SMILES string of the molecule is CCOP(=O)(/C=C/[C@@H]1[C@H](OCc2ccccc2)C(=O)N1Cc1ccccc1Br)OCC. The van der Waals surface area contributed by atoms with Gasteiger partial charge in [-0.25, -0.2) is 0 Å². The predicted molar refractivity (Wildman–Crippen MR) is 123 cm³/mol. The van der Waals surface area contributed by atoms with Gasteiger partial charge in [0.25, 0.3) is 5.91 Å². The van der Waals surface area contributed by atoms with Crippen molar-refractivity contribution in [2.24, 2.45) is 0 Å². The zero-order valence-electron chi connectivity index (χ0n) is 17.6. The van der Waals surface area contributed by atoms with Crippen molar-refractivity contribution in [2.45, 2.75) is 39.1 Å². The van der Waals surface area contributed by atoms with Crippen LogP contribution in [0.5, 0.6) is 0 Å². The molecule has 1 saturated heterocycles. The molecule has 0 aliphatic carbocycles. The number of hydrogen-bond donors (Lipinski definition) is 0. The monoisotopic (exact) mass is 507 g/mol. The van der Waals surface area contributed by atoms with E-state index in [0.717, 1.165) is 15.6 Å². The van der Waals surface area contributed by atoms with Gasteiger partial charge in [0.1, 0.15) is 0 Å².